The van der Waals surface area contributed by atoms with Gasteiger partial charge in [-0.2, -0.15) is 5.26 Å². The van der Waals surface area contributed by atoms with Crippen molar-refractivity contribution in [3.05, 3.63) is 12.2 Å². The lowest BCUT2D eigenvalue weighted by Crippen LogP contribution is -1.73. The maximum absolute atomic E-state index is 8.26. The van der Waals surface area contributed by atoms with Gasteiger partial charge in [-0.15, -0.1) is 0 Å². The summed E-state index contributed by atoms with van der Waals surface area (Å²) in [6.07, 6.45) is 12.4. The highest BCUT2D eigenvalue weighted by Crippen LogP contribution is 2.03. The Kier molecular flexibility index (Phi) is 9.57. The fraction of sp³-hybridized carbons (Fsp3) is 0.727. The second-order valence-electron chi connectivity index (χ2n) is 3.02. The van der Waals surface area contributed by atoms with Crippen molar-refractivity contribution in [1.29, 1.82) is 5.26 Å². The largest absolute Gasteiger partial charge is 0.198 e. The average molecular weight is 165 g/mol. The van der Waals surface area contributed by atoms with Crippen molar-refractivity contribution in [3.8, 4) is 6.07 Å². The Morgan fingerprint density at radius 1 is 1.08 bits per heavy atom. The van der Waals surface area contributed by atoms with Crippen molar-refractivity contribution in [2.75, 3.05) is 0 Å². The molecule has 1 nitrogen and oxygen atoms in total. The highest BCUT2D eigenvalue weighted by molar-refractivity contribution is 4.85. The Morgan fingerprint density at radius 3 is 2.50 bits per heavy atom. The third-order valence-corrected chi connectivity index (χ3v) is 1.81. The highest BCUT2D eigenvalue weighted by atomic mass is 14.2. The molecule has 0 aliphatic rings. The quantitative estimate of drug-likeness (QED) is 0.415. The summed E-state index contributed by atoms with van der Waals surface area (Å²) in [6.45, 7) is 2.22. The molecule has 0 spiro atoms. The molecule has 0 aromatic carbocycles. The zero-order chi connectivity index (χ0) is 9.07. The third kappa shape index (κ3) is 9.23. The van der Waals surface area contributed by atoms with Gasteiger partial charge < -0.3 is 0 Å². The van der Waals surface area contributed by atoms with Gasteiger partial charge in [-0.25, -0.2) is 0 Å². The van der Waals surface area contributed by atoms with E-state index in [0.29, 0.717) is 6.42 Å². The first-order valence-corrected chi connectivity index (χ1v) is 4.93. The van der Waals surface area contributed by atoms with Gasteiger partial charge in [0.1, 0.15) is 0 Å². The van der Waals surface area contributed by atoms with Crippen molar-refractivity contribution in [2.24, 2.45) is 0 Å². The molecule has 0 aromatic heterocycles. The molecule has 0 N–H and O–H groups in total. The molecule has 0 radical (unpaired) electrons. The standard InChI is InChI=1S/C11H19N/c1-2-3-4-5-6-7-8-9-10-11-12/h7-8H,2-6,9-10H2,1H3/b8-7+. The zero-order valence-corrected chi connectivity index (χ0v) is 8.05. The molecule has 0 atom stereocenters. The smallest absolute Gasteiger partial charge is 0.0624 e. The zero-order valence-electron chi connectivity index (χ0n) is 8.05. The molecule has 0 rings (SSSR count). The fourth-order valence-electron chi connectivity index (χ4n) is 1.07. The molecule has 0 saturated carbocycles. The number of nitriles is 1. The summed E-state index contributed by atoms with van der Waals surface area (Å²) in [6, 6.07) is 2.13. The average Bonchev–Trinajstić information content (AvgIpc) is 2.10. The summed E-state index contributed by atoms with van der Waals surface area (Å²) in [5, 5.41) is 8.26. The molecule has 0 aliphatic heterocycles. The van der Waals surface area contributed by atoms with Crippen molar-refractivity contribution in [3.63, 3.8) is 0 Å². The van der Waals surface area contributed by atoms with Crippen LogP contribution in [0.2, 0.25) is 0 Å². The molecule has 0 aliphatic carbocycles. The fourth-order valence-corrected chi connectivity index (χ4v) is 1.07. The van der Waals surface area contributed by atoms with Gasteiger partial charge in [0, 0.05) is 6.42 Å². The number of hydrogen-bond donors (Lipinski definition) is 0. The van der Waals surface area contributed by atoms with E-state index in [2.05, 4.69) is 25.1 Å². The summed E-state index contributed by atoms with van der Waals surface area (Å²) < 4.78 is 0. The maximum Gasteiger partial charge on any atom is 0.0624 e. The molecule has 12 heavy (non-hydrogen) atoms. The van der Waals surface area contributed by atoms with Crippen LogP contribution in [-0.2, 0) is 0 Å². The molecule has 68 valence electrons. The van der Waals surface area contributed by atoms with Crippen molar-refractivity contribution in [2.45, 2.75) is 51.9 Å². The predicted molar refractivity (Wildman–Crippen MR) is 52.7 cm³/mol. The molecular formula is C11H19N. The van der Waals surface area contributed by atoms with Crippen molar-refractivity contribution < 1.29 is 0 Å². The lowest BCUT2D eigenvalue weighted by atomic mass is 10.1. The Morgan fingerprint density at radius 2 is 1.83 bits per heavy atom. The Bertz CT molecular complexity index is 142. The summed E-state index contributed by atoms with van der Waals surface area (Å²) in [5.74, 6) is 0. The first-order valence-electron chi connectivity index (χ1n) is 4.93. The van der Waals surface area contributed by atoms with Gasteiger partial charge in [0.25, 0.3) is 0 Å². The molecular weight excluding hydrogens is 146 g/mol. The monoisotopic (exact) mass is 165 g/mol. The van der Waals surface area contributed by atoms with Gasteiger partial charge in [0.2, 0.25) is 0 Å². The number of rotatable bonds is 7. The van der Waals surface area contributed by atoms with E-state index >= 15 is 0 Å². The summed E-state index contributed by atoms with van der Waals surface area (Å²) >= 11 is 0. The van der Waals surface area contributed by atoms with Crippen LogP contribution < -0.4 is 0 Å². The molecule has 1 heteroatoms. The lowest BCUT2D eigenvalue weighted by molar-refractivity contribution is 0.674. The van der Waals surface area contributed by atoms with Crippen LogP contribution in [0.5, 0.6) is 0 Å². The van der Waals surface area contributed by atoms with E-state index in [1.165, 1.54) is 32.1 Å². The van der Waals surface area contributed by atoms with E-state index in [1.807, 2.05) is 0 Å². The van der Waals surface area contributed by atoms with Crippen LogP contribution in [0, 0.1) is 11.3 Å². The lowest BCUT2D eigenvalue weighted by Gasteiger charge is -1.93. The van der Waals surface area contributed by atoms with E-state index in [1.54, 1.807) is 0 Å². The third-order valence-electron chi connectivity index (χ3n) is 1.81. The second kappa shape index (κ2) is 10.2. The second-order valence-corrected chi connectivity index (χ2v) is 3.02. The van der Waals surface area contributed by atoms with Crippen LogP contribution in [0.25, 0.3) is 0 Å². The van der Waals surface area contributed by atoms with Crippen LogP contribution in [0.15, 0.2) is 12.2 Å². The highest BCUT2D eigenvalue weighted by Gasteiger charge is 1.83. The molecule has 0 bridgehead atoms. The van der Waals surface area contributed by atoms with Crippen LogP contribution in [-0.4, -0.2) is 0 Å². The summed E-state index contributed by atoms with van der Waals surface area (Å²) in [4.78, 5) is 0. The summed E-state index contributed by atoms with van der Waals surface area (Å²) in [5.41, 5.74) is 0. The van der Waals surface area contributed by atoms with Gasteiger partial charge in [0.05, 0.1) is 6.07 Å². The first kappa shape index (κ1) is 11.2. The summed E-state index contributed by atoms with van der Waals surface area (Å²) in [7, 11) is 0. The number of nitrogens with zero attached hydrogens (tertiary/aromatic N) is 1. The first-order chi connectivity index (χ1) is 5.91. The predicted octanol–water partition coefficient (Wildman–Crippen LogP) is 3.82. The van der Waals surface area contributed by atoms with Gasteiger partial charge in [-0.1, -0.05) is 38.3 Å². The van der Waals surface area contributed by atoms with E-state index in [0.717, 1.165) is 6.42 Å². The Balaban J connectivity index is 2.98. The minimum absolute atomic E-state index is 0.658. The SMILES string of the molecule is CCCCCC/C=C/CCC#N. The van der Waals surface area contributed by atoms with Crippen LogP contribution in [0.1, 0.15) is 51.9 Å². The number of allylic oxidation sites excluding steroid dienone is 2. The Hall–Kier alpha value is -0.770. The van der Waals surface area contributed by atoms with Gasteiger partial charge in [-0.05, 0) is 19.3 Å². The molecule has 0 heterocycles. The molecule has 0 unspecified atom stereocenters. The van der Waals surface area contributed by atoms with Crippen molar-refractivity contribution in [1.82, 2.24) is 0 Å². The van der Waals surface area contributed by atoms with E-state index < -0.39 is 0 Å². The number of unbranched alkanes of at least 4 members (excludes halogenated alkanes) is 5. The van der Waals surface area contributed by atoms with Crippen LogP contribution in [0.3, 0.4) is 0 Å². The molecule has 0 fully saturated rings. The molecule has 0 amide bonds. The minimum atomic E-state index is 0.658. The normalized spacial score (nSPS) is 10.3. The number of hydrogen-bond acceptors (Lipinski definition) is 1. The van der Waals surface area contributed by atoms with Crippen molar-refractivity contribution >= 4 is 0 Å². The van der Waals surface area contributed by atoms with E-state index in [9.17, 15) is 0 Å². The van der Waals surface area contributed by atoms with Crippen LogP contribution in [0.4, 0.5) is 0 Å². The van der Waals surface area contributed by atoms with Crippen LogP contribution >= 0.6 is 0 Å². The Labute approximate surface area is 76.1 Å². The topological polar surface area (TPSA) is 23.8 Å². The maximum atomic E-state index is 8.26. The van der Waals surface area contributed by atoms with Gasteiger partial charge >= 0.3 is 0 Å². The minimum Gasteiger partial charge on any atom is -0.198 e. The van der Waals surface area contributed by atoms with Gasteiger partial charge in [-0.3, -0.25) is 0 Å². The molecule has 0 aromatic rings. The van der Waals surface area contributed by atoms with E-state index in [4.69, 9.17) is 5.26 Å². The molecule has 0 saturated heterocycles. The van der Waals surface area contributed by atoms with Gasteiger partial charge in [0.15, 0.2) is 0 Å². The van der Waals surface area contributed by atoms with E-state index in [-0.39, 0.29) is 0 Å².